The van der Waals surface area contributed by atoms with E-state index in [4.69, 9.17) is 9.73 Å². The maximum Gasteiger partial charge on any atom is 0.337 e. The molecule has 1 aliphatic rings. The number of hydrogen-bond acceptors (Lipinski definition) is 5. The molecule has 2 heterocycles. The van der Waals surface area contributed by atoms with Gasteiger partial charge in [-0.05, 0) is 53.1 Å². The van der Waals surface area contributed by atoms with Crippen molar-refractivity contribution in [3.8, 4) is 0 Å². The molecular weight excluding hydrogens is 512 g/mol. The third kappa shape index (κ3) is 4.32. The lowest BCUT2D eigenvalue weighted by molar-refractivity contribution is 0.0600. The van der Waals surface area contributed by atoms with Gasteiger partial charge in [0.2, 0.25) is 0 Å². The summed E-state index contributed by atoms with van der Waals surface area (Å²) in [6.07, 6.45) is 3.87. The van der Waals surface area contributed by atoms with Gasteiger partial charge in [-0.3, -0.25) is 9.36 Å². The smallest absolute Gasteiger partial charge is 0.337 e. The van der Waals surface area contributed by atoms with Crippen molar-refractivity contribution < 1.29 is 9.53 Å². The molecule has 4 aromatic rings. The molecule has 7 heteroatoms. The van der Waals surface area contributed by atoms with Crippen LogP contribution in [0.2, 0.25) is 0 Å². The summed E-state index contributed by atoms with van der Waals surface area (Å²) in [6.45, 7) is 0. The highest BCUT2D eigenvalue weighted by atomic mass is 79.9. The number of nitrogens with zero attached hydrogens (tertiary/aromatic N) is 2. The zero-order valence-corrected chi connectivity index (χ0v) is 20.5. The summed E-state index contributed by atoms with van der Waals surface area (Å²) in [5, 5.41) is 0. The molecule has 0 spiro atoms. The molecule has 1 unspecified atom stereocenters. The van der Waals surface area contributed by atoms with Crippen LogP contribution in [-0.2, 0) is 4.74 Å². The summed E-state index contributed by atoms with van der Waals surface area (Å²) < 4.78 is 8.06. The number of ether oxygens (including phenoxy) is 1. The normalized spacial score (nSPS) is 15.3. The number of fused-ring (bicyclic) bond motifs is 1. The Morgan fingerprint density at radius 2 is 1.74 bits per heavy atom. The third-order valence-corrected chi connectivity index (χ3v) is 7.07. The standard InChI is InChI=1S/C27H19BrN2O3S/c1-33-26(32)20-9-7-17(8-10-20)15-24-25(31)30-23(19-11-13-21(28)14-12-19)16-22(29-27(30)34-24)18-5-3-2-4-6-18/h2-16,23H,1H3. The summed E-state index contributed by atoms with van der Waals surface area (Å²) in [4.78, 5) is 30.7. The third-order valence-electron chi connectivity index (χ3n) is 5.56. The van der Waals surface area contributed by atoms with E-state index in [1.807, 2.05) is 66.7 Å². The van der Waals surface area contributed by atoms with Crippen molar-refractivity contribution in [1.82, 2.24) is 4.57 Å². The van der Waals surface area contributed by atoms with E-state index in [1.165, 1.54) is 18.4 Å². The van der Waals surface area contributed by atoms with Gasteiger partial charge >= 0.3 is 5.97 Å². The lowest BCUT2D eigenvalue weighted by atomic mass is 10.0. The Hall–Kier alpha value is -3.55. The van der Waals surface area contributed by atoms with Crippen LogP contribution < -0.4 is 14.9 Å². The molecule has 0 saturated carbocycles. The molecule has 0 amide bonds. The SMILES string of the molecule is COC(=O)c1ccc(C=c2sc3n(c2=O)C(c2ccc(Br)cc2)C=C(c2ccccc2)N=3)cc1. The molecule has 168 valence electrons. The van der Waals surface area contributed by atoms with Gasteiger partial charge in [0.25, 0.3) is 5.56 Å². The van der Waals surface area contributed by atoms with Gasteiger partial charge in [0.05, 0.1) is 28.9 Å². The monoisotopic (exact) mass is 530 g/mol. The van der Waals surface area contributed by atoms with Crippen molar-refractivity contribution in [3.63, 3.8) is 0 Å². The fourth-order valence-corrected chi connectivity index (χ4v) is 5.11. The Kier molecular flexibility index (Phi) is 6.13. The van der Waals surface area contributed by atoms with Crippen LogP contribution in [0.5, 0.6) is 0 Å². The molecule has 0 radical (unpaired) electrons. The zero-order valence-electron chi connectivity index (χ0n) is 18.1. The summed E-state index contributed by atoms with van der Waals surface area (Å²) >= 11 is 4.85. The lowest BCUT2D eigenvalue weighted by Crippen LogP contribution is -2.36. The first-order chi connectivity index (χ1) is 16.5. The van der Waals surface area contributed by atoms with Crippen molar-refractivity contribution in [1.29, 1.82) is 0 Å². The Labute approximate surface area is 208 Å². The highest BCUT2D eigenvalue weighted by molar-refractivity contribution is 9.10. The Balaban J connectivity index is 1.65. The number of methoxy groups -OCH3 is 1. The van der Waals surface area contributed by atoms with Gasteiger partial charge in [-0.1, -0.05) is 81.9 Å². The molecule has 5 nitrogen and oxygen atoms in total. The van der Waals surface area contributed by atoms with E-state index in [9.17, 15) is 9.59 Å². The number of allylic oxidation sites excluding steroid dienone is 1. The second-order valence-electron chi connectivity index (χ2n) is 7.71. The largest absolute Gasteiger partial charge is 0.465 e. The van der Waals surface area contributed by atoms with Crippen LogP contribution in [-0.4, -0.2) is 17.6 Å². The van der Waals surface area contributed by atoms with E-state index in [0.717, 1.165) is 26.9 Å². The van der Waals surface area contributed by atoms with Crippen LogP contribution in [0.4, 0.5) is 0 Å². The van der Waals surface area contributed by atoms with Gasteiger partial charge < -0.3 is 4.74 Å². The fourth-order valence-electron chi connectivity index (χ4n) is 3.83. The first-order valence-electron chi connectivity index (χ1n) is 10.6. The Morgan fingerprint density at radius 3 is 2.41 bits per heavy atom. The van der Waals surface area contributed by atoms with Crippen LogP contribution in [0.3, 0.4) is 0 Å². The molecule has 5 rings (SSSR count). The van der Waals surface area contributed by atoms with E-state index in [2.05, 4.69) is 15.9 Å². The van der Waals surface area contributed by atoms with E-state index >= 15 is 0 Å². The summed E-state index contributed by atoms with van der Waals surface area (Å²) in [5.41, 5.74) is 4.02. The van der Waals surface area contributed by atoms with Gasteiger partial charge in [0.1, 0.15) is 0 Å². The average Bonchev–Trinajstić information content (AvgIpc) is 3.19. The highest BCUT2D eigenvalue weighted by Crippen LogP contribution is 2.27. The first kappa shape index (κ1) is 22.3. The number of aromatic nitrogens is 1. The maximum absolute atomic E-state index is 13.5. The molecule has 3 aromatic carbocycles. The fraction of sp³-hybridized carbons (Fsp3) is 0.0741. The van der Waals surface area contributed by atoms with Crippen molar-refractivity contribution in [2.75, 3.05) is 7.11 Å². The predicted octanol–water partition coefficient (Wildman–Crippen LogP) is 4.55. The number of rotatable bonds is 4. The molecule has 34 heavy (non-hydrogen) atoms. The van der Waals surface area contributed by atoms with Crippen LogP contribution >= 0.6 is 27.3 Å². The minimum atomic E-state index is -0.395. The van der Waals surface area contributed by atoms with E-state index < -0.39 is 5.97 Å². The van der Waals surface area contributed by atoms with Crippen LogP contribution in [0.15, 0.2) is 99.2 Å². The topological polar surface area (TPSA) is 60.7 Å². The van der Waals surface area contributed by atoms with Crippen LogP contribution in [0, 0.1) is 0 Å². The van der Waals surface area contributed by atoms with Crippen molar-refractivity contribution in [2.45, 2.75) is 6.04 Å². The van der Waals surface area contributed by atoms with Gasteiger partial charge in [-0.2, -0.15) is 0 Å². The molecule has 0 fully saturated rings. The number of thiazole rings is 1. The van der Waals surface area contributed by atoms with E-state index in [0.29, 0.717) is 14.9 Å². The van der Waals surface area contributed by atoms with Gasteiger partial charge in [-0.25, -0.2) is 9.79 Å². The van der Waals surface area contributed by atoms with Crippen LogP contribution in [0.1, 0.15) is 33.1 Å². The van der Waals surface area contributed by atoms with E-state index in [-0.39, 0.29) is 11.6 Å². The highest BCUT2D eigenvalue weighted by Gasteiger charge is 2.22. The minimum absolute atomic E-state index is 0.0999. The number of hydrogen-bond donors (Lipinski definition) is 0. The van der Waals surface area contributed by atoms with Gasteiger partial charge in [0, 0.05) is 4.47 Å². The molecule has 1 aromatic heterocycles. The number of esters is 1. The van der Waals surface area contributed by atoms with Gasteiger partial charge in [-0.15, -0.1) is 0 Å². The molecule has 0 saturated heterocycles. The first-order valence-corrected chi connectivity index (χ1v) is 12.2. The zero-order chi connectivity index (χ0) is 23.7. The minimum Gasteiger partial charge on any atom is -0.465 e. The molecular formula is C27H19BrN2O3S. The molecule has 1 aliphatic heterocycles. The summed E-state index contributed by atoms with van der Waals surface area (Å²) in [6, 6.07) is 24.6. The summed E-state index contributed by atoms with van der Waals surface area (Å²) in [7, 11) is 1.35. The molecule has 1 atom stereocenters. The van der Waals surface area contributed by atoms with Crippen LogP contribution in [0.25, 0.3) is 11.8 Å². The predicted molar refractivity (Wildman–Crippen MR) is 137 cm³/mol. The second-order valence-corrected chi connectivity index (χ2v) is 9.63. The lowest BCUT2D eigenvalue weighted by Gasteiger charge is -2.19. The number of halogens is 1. The summed E-state index contributed by atoms with van der Waals surface area (Å²) in [5.74, 6) is -0.395. The number of benzene rings is 3. The maximum atomic E-state index is 13.5. The van der Waals surface area contributed by atoms with E-state index in [1.54, 1.807) is 28.8 Å². The van der Waals surface area contributed by atoms with Gasteiger partial charge in [0.15, 0.2) is 4.80 Å². The van der Waals surface area contributed by atoms with Crippen molar-refractivity contribution in [3.05, 3.63) is 131 Å². The average molecular weight is 531 g/mol. The molecule has 0 aliphatic carbocycles. The molecule has 0 bridgehead atoms. The number of carbonyl (C=O) groups excluding carboxylic acids is 1. The Morgan fingerprint density at radius 1 is 1.03 bits per heavy atom. The molecule has 0 N–H and O–H groups in total. The van der Waals surface area contributed by atoms with Crippen molar-refractivity contribution >= 4 is 45.0 Å². The van der Waals surface area contributed by atoms with Crippen molar-refractivity contribution in [2.24, 2.45) is 4.99 Å². The quantitative estimate of drug-likeness (QED) is 0.363. The number of carbonyl (C=O) groups is 1. The Bertz CT molecular complexity index is 1570. The second kappa shape index (κ2) is 9.37.